The Morgan fingerprint density at radius 3 is 2.57 bits per heavy atom. The number of aryl methyl sites for hydroxylation is 1. The molecule has 0 aliphatic carbocycles. The van der Waals surface area contributed by atoms with Gasteiger partial charge in [-0.15, -0.1) is 0 Å². The molecule has 0 radical (unpaired) electrons. The molecule has 3 aromatic heterocycles. The number of pyridine rings is 1. The molecule has 7 nitrogen and oxygen atoms in total. The minimum absolute atomic E-state index is 0.164. The van der Waals surface area contributed by atoms with Gasteiger partial charge in [-0.1, -0.05) is 11.6 Å². The van der Waals surface area contributed by atoms with Crippen molar-refractivity contribution >= 4 is 23.0 Å². The molecular weight excluding hydrogens is 425 g/mol. The first kappa shape index (κ1) is 22.0. The zero-order chi connectivity index (χ0) is 22.2. The zero-order valence-corrected chi connectivity index (χ0v) is 17.1. The fourth-order valence-electron chi connectivity index (χ4n) is 3.19. The number of fused-ring (bicyclic) bond motifs is 1. The Hall–Kier alpha value is -2.72. The molecule has 0 unspecified atom stereocenters. The van der Waals surface area contributed by atoms with E-state index < -0.39 is 35.6 Å². The number of Topliss-reactive ketones (excluding diaryl/α,β-unsaturated/α-hetero) is 1. The van der Waals surface area contributed by atoms with Gasteiger partial charge in [-0.25, -0.2) is 9.50 Å². The molecule has 0 aliphatic heterocycles. The van der Waals surface area contributed by atoms with E-state index in [2.05, 4.69) is 10.1 Å². The number of aromatic nitrogens is 4. The third-order valence-electron chi connectivity index (χ3n) is 4.67. The third kappa shape index (κ3) is 4.39. The van der Waals surface area contributed by atoms with Gasteiger partial charge < -0.3 is 9.30 Å². The smallest absolute Gasteiger partial charge is 0.375 e. The van der Waals surface area contributed by atoms with Crippen molar-refractivity contribution in [2.24, 2.45) is 7.05 Å². The molecule has 0 N–H and O–H groups in total. The van der Waals surface area contributed by atoms with Crippen LogP contribution in [0.1, 0.15) is 35.4 Å². The van der Waals surface area contributed by atoms with E-state index >= 15 is 0 Å². The maximum absolute atomic E-state index is 13.1. The molecule has 0 amide bonds. The van der Waals surface area contributed by atoms with Crippen molar-refractivity contribution in [2.45, 2.75) is 32.0 Å². The van der Waals surface area contributed by atoms with Crippen LogP contribution in [-0.4, -0.2) is 32.1 Å². The normalized spacial score (nSPS) is 13.0. The first-order valence-corrected chi connectivity index (χ1v) is 9.23. The minimum atomic E-state index is -4.63. The van der Waals surface area contributed by atoms with Crippen molar-refractivity contribution in [3.63, 3.8) is 0 Å². The monoisotopic (exact) mass is 442 g/mol. The first-order valence-electron chi connectivity index (χ1n) is 8.85. The largest absolute Gasteiger partial charge is 0.417 e. The van der Waals surface area contributed by atoms with Gasteiger partial charge >= 0.3 is 6.18 Å². The Balaban J connectivity index is 1.95. The van der Waals surface area contributed by atoms with E-state index in [1.807, 2.05) is 0 Å². The Labute approximate surface area is 174 Å². The Morgan fingerprint density at radius 1 is 1.27 bits per heavy atom. The summed E-state index contributed by atoms with van der Waals surface area (Å²) < 4.78 is 46.8. The van der Waals surface area contributed by atoms with E-state index in [0.717, 1.165) is 4.57 Å². The van der Waals surface area contributed by atoms with Crippen LogP contribution in [0.3, 0.4) is 0 Å². The predicted molar refractivity (Wildman–Crippen MR) is 103 cm³/mol. The number of halogens is 4. The van der Waals surface area contributed by atoms with Crippen molar-refractivity contribution in [3.8, 4) is 0 Å². The molecule has 0 saturated heterocycles. The summed E-state index contributed by atoms with van der Waals surface area (Å²) in [6.45, 7) is 1.75. The number of nitrogens with zero attached hydrogens (tertiary/aromatic N) is 4. The van der Waals surface area contributed by atoms with Crippen molar-refractivity contribution < 1.29 is 22.7 Å². The maximum atomic E-state index is 13.1. The molecule has 11 heteroatoms. The summed E-state index contributed by atoms with van der Waals surface area (Å²) in [7, 11) is 2.70. The van der Waals surface area contributed by atoms with E-state index in [-0.39, 0.29) is 17.1 Å². The number of ketones is 1. The number of rotatable bonds is 6. The second-order valence-corrected chi connectivity index (χ2v) is 7.23. The molecule has 0 fully saturated rings. The summed E-state index contributed by atoms with van der Waals surface area (Å²) in [5.41, 5.74) is -0.397. The van der Waals surface area contributed by atoms with Gasteiger partial charge in [0.2, 0.25) is 0 Å². The van der Waals surface area contributed by atoms with Crippen LogP contribution in [0.15, 0.2) is 29.3 Å². The maximum Gasteiger partial charge on any atom is 0.417 e. The number of carbonyl (C=O) groups excluding carboxylic acids is 1. The van der Waals surface area contributed by atoms with E-state index in [1.54, 1.807) is 13.0 Å². The van der Waals surface area contributed by atoms with Crippen LogP contribution in [0.5, 0.6) is 0 Å². The first-order chi connectivity index (χ1) is 14.0. The lowest BCUT2D eigenvalue weighted by Gasteiger charge is -2.16. The van der Waals surface area contributed by atoms with Crippen LogP contribution in [-0.2, 0) is 35.6 Å². The number of methoxy groups -OCH3 is 1. The van der Waals surface area contributed by atoms with E-state index in [4.69, 9.17) is 16.3 Å². The Morgan fingerprint density at radius 2 is 1.93 bits per heavy atom. The van der Waals surface area contributed by atoms with Crippen LogP contribution >= 0.6 is 11.6 Å². The van der Waals surface area contributed by atoms with Crippen LogP contribution < -0.4 is 5.56 Å². The molecule has 160 valence electrons. The number of hydrogen-bond donors (Lipinski definition) is 0. The van der Waals surface area contributed by atoms with Crippen molar-refractivity contribution in [3.05, 3.63) is 62.4 Å². The van der Waals surface area contributed by atoms with Gasteiger partial charge in [0.1, 0.15) is 5.78 Å². The van der Waals surface area contributed by atoms with E-state index in [9.17, 15) is 22.8 Å². The van der Waals surface area contributed by atoms with Crippen LogP contribution in [0.25, 0.3) is 5.65 Å². The molecule has 0 aliphatic rings. The van der Waals surface area contributed by atoms with Crippen LogP contribution in [0.2, 0.25) is 5.15 Å². The molecule has 1 atom stereocenters. The average molecular weight is 443 g/mol. The Bertz CT molecular complexity index is 1170. The van der Waals surface area contributed by atoms with Gasteiger partial charge in [-0.05, 0) is 13.0 Å². The number of hydrogen-bond acceptors (Lipinski definition) is 5. The summed E-state index contributed by atoms with van der Waals surface area (Å²) in [5.74, 6) is -0.449. The van der Waals surface area contributed by atoms with Gasteiger partial charge in [0, 0.05) is 56.6 Å². The lowest BCUT2D eigenvalue weighted by molar-refractivity contribution is -0.138. The van der Waals surface area contributed by atoms with Crippen LogP contribution in [0, 0.1) is 0 Å². The summed E-state index contributed by atoms with van der Waals surface area (Å²) in [4.78, 5) is 29.1. The number of alkyl halides is 3. The van der Waals surface area contributed by atoms with E-state index in [1.165, 1.54) is 24.9 Å². The fraction of sp³-hybridized carbons (Fsp3) is 0.368. The van der Waals surface area contributed by atoms with E-state index in [0.29, 0.717) is 29.2 Å². The van der Waals surface area contributed by atoms with Crippen molar-refractivity contribution in [1.82, 2.24) is 19.2 Å². The summed E-state index contributed by atoms with van der Waals surface area (Å²) in [5, 5.41) is 4.36. The van der Waals surface area contributed by atoms with Gasteiger partial charge in [0.25, 0.3) is 5.56 Å². The highest BCUT2D eigenvalue weighted by atomic mass is 35.5. The van der Waals surface area contributed by atoms with Gasteiger partial charge in [-0.2, -0.15) is 18.3 Å². The standard InChI is InChI=1S/C19H18ClF3N4O3/c1-10(30-3)17-12(8-24-16-7-15(20)25-27(16)17)6-14(28)5-11-4-13(19(21,22)23)9-26(2)18(11)29/h4,7-10H,5-6H2,1-3H3/t10-/m1/s1. The molecule has 0 aromatic carbocycles. The Kier molecular flexibility index (Phi) is 6.00. The molecule has 3 rings (SSSR count). The minimum Gasteiger partial charge on any atom is -0.375 e. The highest BCUT2D eigenvalue weighted by Gasteiger charge is 2.32. The van der Waals surface area contributed by atoms with Crippen molar-refractivity contribution in [1.29, 1.82) is 0 Å². The summed E-state index contributed by atoms with van der Waals surface area (Å²) >= 11 is 5.94. The molecule has 3 aromatic rings. The van der Waals surface area contributed by atoms with Gasteiger partial charge in [-0.3, -0.25) is 9.59 Å². The zero-order valence-electron chi connectivity index (χ0n) is 16.3. The summed E-state index contributed by atoms with van der Waals surface area (Å²) in [6, 6.07) is 2.26. The van der Waals surface area contributed by atoms with Gasteiger partial charge in [0.05, 0.1) is 17.4 Å². The highest BCUT2D eigenvalue weighted by Crippen LogP contribution is 2.29. The lowest BCUT2D eigenvalue weighted by atomic mass is 10.0. The molecule has 30 heavy (non-hydrogen) atoms. The third-order valence-corrected chi connectivity index (χ3v) is 4.85. The summed E-state index contributed by atoms with van der Waals surface area (Å²) in [6.07, 6.45) is -3.53. The SMILES string of the molecule is CO[C@H](C)c1c(CC(=O)Cc2cc(C(F)(F)F)cn(C)c2=O)cnc2cc(Cl)nn12. The lowest BCUT2D eigenvalue weighted by Crippen LogP contribution is -2.26. The highest BCUT2D eigenvalue weighted by molar-refractivity contribution is 6.29. The molecule has 3 heterocycles. The molecule has 0 spiro atoms. The fourth-order valence-corrected chi connectivity index (χ4v) is 3.36. The quantitative estimate of drug-likeness (QED) is 0.586. The predicted octanol–water partition coefficient (Wildman–Crippen LogP) is 3.16. The number of ether oxygens (including phenoxy) is 1. The average Bonchev–Trinajstić information content (AvgIpc) is 3.03. The van der Waals surface area contributed by atoms with Crippen LogP contribution in [0.4, 0.5) is 13.2 Å². The number of carbonyl (C=O) groups is 1. The molecular formula is C19H18ClF3N4O3. The van der Waals surface area contributed by atoms with Gasteiger partial charge in [0.15, 0.2) is 10.8 Å². The second-order valence-electron chi connectivity index (χ2n) is 6.84. The topological polar surface area (TPSA) is 78.5 Å². The molecule has 0 saturated carbocycles. The van der Waals surface area contributed by atoms with Crippen molar-refractivity contribution in [2.75, 3.05) is 7.11 Å². The second kappa shape index (κ2) is 8.19. The molecule has 0 bridgehead atoms.